The van der Waals surface area contributed by atoms with Crippen molar-refractivity contribution in [3.8, 4) is 0 Å². The van der Waals surface area contributed by atoms with Crippen LogP contribution in [0.3, 0.4) is 0 Å². The Morgan fingerprint density at radius 3 is 2.27 bits per heavy atom. The van der Waals surface area contributed by atoms with Crippen molar-refractivity contribution in [3.05, 3.63) is 0 Å². The van der Waals surface area contributed by atoms with E-state index in [4.69, 9.17) is 4.99 Å². The van der Waals surface area contributed by atoms with Crippen LogP contribution in [0.15, 0.2) is 4.99 Å². The summed E-state index contributed by atoms with van der Waals surface area (Å²) in [6.45, 7) is 15.5. The summed E-state index contributed by atoms with van der Waals surface area (Å²) in [7, 11) is 0. The second-order valence-corrected chi connectivity index (χ2v) is 7.71. The molecule has 1 atom stereocenters. The highest BCUT2D eigenvalue weighted by Gasteiger charge is 2.20. The lowest BCUT2D eigenvalue weighted by atomic mass is 9.93. The number of rotatable bonds is 7. The molecule has 1 saturated heterocycles. The molecule has 0 aromatic rings. The first-order valence-corrected chi connectivity index (χ1v) is 10.3. The predicted molar refractivity (Wildman–Crippen MR) is 121 cm³/mol. The Kier molecular flexibility index (Phi) is 12.1. The largest absolute Gasteiger partial charge is 0.393 e. The van der Waals surface area contributed by atoms with E-state index >= 15 is 0 Å². The molecule has 26 heavy (non-hydrogen) atoms. The minimum absolute atomic E-state index is 0. The fourth-order valence-electron chi connectivity index (χ4n) is 3.77. The standard InChI is InChI=1S/C19H39N5O.HI/c1-4-20-19(22-17-6-8-18(25)9-7-17)21-14-16(3)15-24-12-10-23(5-2)11-13-24;/h16-18,25H,4-15H2,1-3H3,(H2,20,21,22);1H. The number of nitrogens with zero attached hydrogens (tertiary/aromatic N) is 3. The van der Waals surface area contributed by atoms with E-state index in [2.05, 4.69) is 41.2 Å². The van der Waals surface area contributed by atoms with Crippen molar-refractivity contribution in [3.63, 3.8) is 0 Å². The van der Waals surface area contributed by atoms with Gasteiger partial charge in [-0.25, -0.2) is 0 Å². The molecular formula is C19H40IN5O. The Morgan fingerprint density at radius 2 is 1.69 bits per heavy atom. The van der Waals surface area contributed by atoms with E-state index in [0.29, 0.717) is 12.0 Å². The molecule has 7 heteroatoms. The van der Waals surface area contributed by atoms with Crippen molar-refractivity contribution in [2.45, 2.75) is 58.6 Å². The Bertz CT molecular complexity index is 393. The van der Waals surface area contributed by atoms with E-state index in [9.17, 15) is 5.11 Å². The van der Waals surface area contributed by atoms with Gasteiger partial charge in [0.25, 0.3) is 0 Å². The van der Waals surface area contributed by atoms with Crippen LogP contribution in [0, 0.1) is 5.92 Å². The van der Waals surface area contributed by atoms with Gasteiger partial charge in [0.2, 0.25) is 0 Å². The van der Waals surface area contributed by atoms with Gasteiger partial charge in [0.1, 0.15) is 0 Å². The summed E-state index contributed by atoms with van der Waals surface area (Å²) in [5.74, 6) is 1.50. The lowest BCUT2D eigenvalue weighted by Crippen LogP contribution is -2.48. The van der Waals surface area contributed by atoms with Crippen molar-refractivity contribution >= 4 is 29.9 Å². The summed E-state index contributed by atoms with van der Waals surface area (Å²) < 4.78 is 0. The maximum Gasteiger partial charge on any atom is 0.191 e. The lowest BCUT2D eigenvalue weighted by molar-refractivity contribution is 0.120. The Hall–Kier alpha value is -0.120. The van der Waals surface area contributed by atoms with Gasteiger partial charge in [0, 0.05) is 51.9 Å². The molecule has 0 aromatic carbocycles. The SMILES string of the molecule is CCNC(=NCC(C)CN1CCN(CC)CC1)NC1CCC(O)CC1.I. The number of nitrogens with one attached hydrogen (secondary N) is 2. The van der Waals surface area contributed by atoms with Gasteiger partial charge in [-0.3, -0.25) is 4.99 Å². The third-order valence-electron chi connectivity index (χ3n) is 5.42. The molecule has 0 amide bonds. The molecule has 1 aliphatic heterocycles. The number of aliphatic hydroxyl groups is 1. The van der Waals surface area contributed by atoms with Crippen LogP contribution in [0.2, 0.25) is 0 Å². The van der Waals surface area contributed by atoms with Gasteiger partial charge in [0.05, 0.1) is 6.10 Å². The number of aliphatic imine (C=N–C) groups is 1. The summed E-state index contributed by atoms with van der Waals surface area (Å²) in [6, 6.07) is 0.443. The number of halogens is 1. The average molecular weight is 481 g/mol. The molecule has 1 aliphatic carbocycles. The normalized spacial score (nSPS) is 26.8. The number of guanidine groups is 1. The molecule has 154 valence electrons. The molecule has 2 rings (SSSR count). The van der Waals surface area contributed by atoms with Crippen LogP contribution in [0.1, 0.15) is 46.5 Å². The number of hydrogen-bond donors (Lipinski definition) is 3. The van der Waals surface area contributed by atoms with Gasteiger partial charge in [-0.1, -0.05) is 13.8 Å². The molecule has 1 unspecified atom stereocenters. The summed E-state index contributed by atoms with van der Waals surface area (Å²) in [6.07, 6.45) is 3.76. The van der Waals surface area contributed by atoms with Gasteiger partial charge in [-0.15, -0.1) is 24.0 Å². The van der Waals surface area contributed by atoms with Crippen LogP contribution in [-0.4, -0.2) is 85.4 Å². The molecule has 0 spiro atoms. The minimum atomic E-state index is -0.106. The Balaban J connectivity index is 0.00000338. The van der Waals surface area contributed by atoms with Gasteiger partial charge in [-0.2, -0.15) is 0 Å². The van der Waals surface area contributed by atoms with Crippen LogP contribution in [0.5, 0.6) is 0 Å². The van der Waals surface area contributed by atoms with Crippen LogP contribution in [-0.2, 0) is 0 Å². The van der Waals surface area contributed by atoms with E-state index in [1.165, 1.54) is 32.7 Å². The van der Waals surface area contributed by atoms with Crippen LogP contribution < -0.4 is 10.6 Å². The number of piperazine rings is 1. The quantitative estimate of drug-likeness (QED) is 0.294. The van der Waals surface area contributed by atoms with Gasteiger partial charge in [-0.05, 0) is 45.1 Å². The third kappa shape index (κ3) is 8.71. The zero-order chi connectivity index (χ0) is 18.1. The van der Waals surface area contributed by atoms with Crippen LogP contribution in [0.4, 0.5) is 0 Å². The smallest absolute Gasteiger partial charge is 0.191 e. The maximum absolute atomic E-state index is 9.65. The van der Waals surface area contributed by atoms with Crippen molar-refractivity contribution < 1.29 is 5.11 Å². The van der Waals surface area contributed by atoms with Gasteiger partial charge in [0.15, 0.2) is 5.96 Å². The first kappa shape index (κ1) is 23.9. The molecule has 1 heterocycles. The van der Waals surface area contributed by atoms with Crippen molar-refractivity contribution in [2.24, 2.45) is 10.9 Å². The van der Waals surface area contributed by atoms with Crippen LogP contribution in [0.25, 0.3) is 0 Å². The summed E-state index contributed by atoms with van der Waals surface area (Å²) in [5, 5.41) is 16.6. The second kappa shape index (κ2) is 13.1. The average Bonchev–Trinajstić information content (AvgIpc) is 2.62. The predicted octanol–water partition coefficient (Wildman–Crippen LogP) is 1.74. The maximum atomic E-state index is 9.65. The molecule has 0 radical (unpaired) electrons. The first-order valence-electron chi connectivity index (χ1n) is 10.3. The fourth-order valence-corrected chi connectivity index (χ4v) is 3.77. The van der Waals surface area contributed by atoms with E-state index in [1.807, 2.05) is 0 Å². The number of aliphatic hydroxyl groups excluding tert-OH is 1. The highest BCUT2D eigenvalue weighted by molar-refractivity contribution is 14.0. The summed E-state index contributed by atoms with van der Waals surface area (Å²) >= 11 is 0. The number of likely N-dealkylation sites (N-methyl/N-ethyl adjacent to an activating group) is 1. The lowest BCUT2D eigenvalue weighted by Gasteiger charge is -2.35. The zero-order valence-corrected chi connectivity index (χ0v) is 19.2. The van der Waals surface area contributed by atoms with Crippen molar-refractivity contribution in [2.75, 3.05) is 52.4 Å². The molecule has 0 aromatic heterocycles. The summed E-state index contributed by atoms with van der Waals surface area (Å²) in [4.78, 5) is 9.92. The highest BCUT2D eigenvalue weighted by atomic mass is 127. The minimum Gasteiger partial charge on any atom is -0.393 e. The molecule has 6 nitrogen and oxygen atoms in total. The Morgan fingerprint density at radius 1 is 1.08 bits per heavy atom. The van der Waals surface area contributed by atoms with Gasteiger partial charge < -0.3 is 25.5 Å². The first-order chi connectivity index (χ1) is 12.1. The molecule has 2 fully saturated rings. The monoisotopic (exact) mass is 481 g/mol. The van der Waals surface area contributed by atoms with E-state index in [1.54, 1.807) is 0 Å². The van der Waals surface area contributed by atoms with Crippen LogP contribution >= 0.6 is 24.0 Å². The fraction of sp³-hybridized carbons (Fsp3) is 0.947. The number of hydrogen-bond acceptors (Lipinski definition) is 4. The molecule has 1 saturated carbocycles. The van der Waals surface area contributed by atoms with Crippen molar-refractivity contribution in [1.29, 1.82) is 0 Å². The molecular weight excluding hydrogens is 441 g/mol. The van der Waals surface area contributed by atoms with E-state index in [-0.39, 0.29) is 30.1 Å². The molecule has 3 N–H and O–H groups in total. The third-order valence-corrected chi connectivity index (χ3v) is 5.42. The molecule has 0 bridgehead atoms. The van der Waals surface area contributed by atoms with Crippen molar-refractivity contribution in [1.82, 2.24) is 20.4 Å². The summed E-state index contributed by atoms with van der Waals surface area (Å²) in [5.41, 5.74) is 0. The topological polar surface area (TPSA) is 63.1 Å². The molecule has 2 aliphatic rings. The van der Waals surface area contributed by atoms with E-state index in [0.717, 1.165) is 51.3 Å². The zero-order valence-electron chi connectivity index (χ0n) is 16.9. The highest BCUT2D eigenvalue weighted by Crippen LogP contribution is 2.18. The van der Waals surface area contributed by atoms with E-state index < -0.39 is 0 Å². The Labute approximate surface area is 177 Å². The van der Waals surface area contributed by atoms with Gasteiger partial charge >= 0.3 is 0 Å². The second-order valence-electron chi connectivity index (χ2n) is 7.71.